The quantitative estimate of drug-likeness (QED) is 0.749. The van der Waals surface area contributed by atoms with Crippen LogP contribution in [0.2, 0.25) is 0 Å². The van der Waals surface area contributed by atoms with Crippen LogP contribution in [0.25, 0.3) is 0 Å². The van der Waals surface area contributed by atoms with Crippen LogP contribution in [0.1, 0.15) is 52.4 Å². The molecule has 0 aromatic heterocycles. The van der Waals surface area contributed by atoms with Gasteiger partial charge in [0.1, 0.15) is 0 Å². The summed E-state index contributed by atoms with van der Waals surface area (Å²) in [7, 11) is 4.41. The number of likely N-dealkylation sites (N-methyl/N-ethyl adjacent to an activating group) is 1. The number of hydrogen-bond donors (Lipinski definition) is 1. The Morgan fingerprint density at radius 2 is 1.75 bits per heavy atom. The van der Waals surface area contributed by atoms with Crippen LogP contribution >= 0.6 is 0 Å². The zero-order valence-corrected chi connectivity index (χ0v) is 11.6. The lowest BCUT2D eigenvalue weighted by atomic mass is 9.95. The summed E-state index contributed by atoms with van der Waals surface area (Å²) in [5.41, 5.74) is 0. The van der Waals surface area contributed by atoms with Gasteiger partial charge < -0.3 is 10.2 Å². The van der Waals surface area contributed by atoms with Crippen LogP contribution in [0.15, 0.2) is 0 Å². The summed E-state index contributed by atoms with van der Waals surface area (Å²) in [5.74, 6) is 0.792. The molecule has 0 aromatic rings. The Morgan fingerprint density at radius 1 is 1.12 bits per heavy atom. The second-order valence-corrected chi connectivity index (χ2v) is 5.99. The fourth-order valence-corrected chi connectivity index (χ4v) is 2.63. The fraction of sp³-hybridized carbons (Fsp3) is 1.00. The van der Waals surface area contributed by atoms with Crippen molar-refractivity contribution in [3.8, 4) is 0 Å². The second-order valence-electron chi connectivity index (χ2n) is 5.99. The SMILES string of the molecule is CC(C)CC(CNC1CCCCC1)N(C)C. The first-order valence-corrected chi connectivity index (χ1v) is 6.99. The van der Waals surface area contributed by atoms with E-state index in [1.165, 1.54) is 38.5 Å². The maximum Gasteiger partial charge on any atom is 0.0217 e. The van der Waals surface area contributed by atoms with Crippen molar-refractivity contribution in [2.75, 3.05) is 20.6 Å². The lowest BCUT2D eigenvalue weighted by Crippen LogP contribution is -2.43. The van der Waals surface area contributed by atoms with Crippen molar-refractivity contribution < 1.29 is 0 Å². The van der Waals surface area contributed by atoms with Gasteiger partial charge in [-0.1, -0.05) is 33.1 Å². The zero-order chi connectivity index (χ0) is 12.0. The molecule has 0 aromatic carbocycles. The molecule has 0 spiro atoms. The van der Waals surface area contributed by atoms with Gasteiger partial charge in [0.25, 0.3) is 0 Å². The molecule has 1 aliphatic rings. The molecule has 1 fully saturated rings. The molecular weight excluding hydrogens is 196 g/mol. The van der Waals surface area contributed by atoms with E-state index in [9.17, 15) is 0 Å². The van der Waals surface area contributed by atoms with E-state index in [-0.39, 0.29) is 0 Å². The first-order valence-electron chi connectivity index (χ1n) is 6.99. The summed E-state index contributed by atoms with van der Waals surface area (Å²) in [6.07, 6.45) is 8.38. The van der Waals surface area contributed by atoms with Crippen LogP contribution in [0.4, 0.5) is 0 Å². The highest BCUT2D eigenvalue weighted by molar-refractivity contribution is 4.77. The largest absolute Gasteiger partial charge is 0.312 e. The highest BCUT2D eigenvalue weighted by atomic mass is 15.1. The molecule has 2 nitrogen and oxygen atoms in total. The van der Waals surface area contributed by atoms with Crippen LogP contribution in [-0.4, -0.2) is 37.6 Å². The van der Waals surface area contributed by atoms with Crippen LogP contribution in [0, 0.1) is 5.92 Å². The third-order valence-electron chi connectivity index (χ3n) is 3.72. The number of nitrogens with one attached hydrogen (secondary N) is 1. The molecule has 1 rings (SSSR count). The monoisotopic (exact) mass is 226 g/mol. The van der Waals surface area contributed by atoms with Crippen LogP contribution < -0.4 is 5.32 Å². The van der Waals surface area contributed by atoms with Gasteiger partial charge >= 0.3 is 0 Å². The number of rotatable bonds is 6. The van der Waals surface area contributed by atoms with Gasteiger partial charge in [0.05, 0.1) is 0 Å². The topological polar surface area (TPSA) is 15.3 Å². The molecule has 0 aliphatic heterocycles. The van der Waals surface area contributed by atoms with E-state index in [1.54, 1.807) is 0 Å². The average molecular weight is 226 g/mol. The minimum Gasteiger partial charge on any atom is -0.312 e. The van der Waals surface area contributed by atoms with Crippen LogP contribution in [0.5, 0.6) is 0 Å². The van der Waals surface area contributed by atoms with Crippen molar-refractivity contribution in [2.24, 2.45) is 5.92 Å². The van der Waals surface area contributed by atoms with E-state index in [1.807, 2.05) is 0 Å². The van der Waals surface area contributed by atoms with Crippen molar-refractivity contribution in [2.45, 2.75) is 64.5 Å². The van der Waals surface area contributed by atoms with E-state index in [0.717, 1.165) is 18.5 Å². The van der Waals surface area contributed by atoms with Gasteiger partial charge in [0.15, 0.2) is 0 Å². The molecule has 1 saturated carbocycles. The predicted molar refractivity (Wildman–Crippen MR) is 71.8 cm³/mol. The molecule has 1 N–H and O–H groups in total. The molecule has 1 atom stereocenters. The summed E-state index contributed by atoms with van der Waals surface area (Å²) in [4.78, 5) is 2.37. The summed E-state index contributed by atoms with van der Waals surface area (Å²) < 4.78 is 0. The molecule has 0 heterocycles. The molecule has 0 bridgehead atoms. The first-order chi connectivity index (χ1) is 7.59. The van der Waals surface area contributed by atoms with Crippen LogP contribution in [-0.2, 0) is 0 Å². The molecule has 16 heavy (non-hydrogen) atoms. The van der Waals surface area contributed by atoms with Crippen molar-refractivity contribution in [3.05, 3.63) is 0 Å². The van der Waals surface area contributed by atoms with Gasteiger partial charge in [-0.3, -0.25) is 0 Å². The van der Waals surface area contributed by atoms with Crippen molar-refractivity contribution in [3.63, 3.8) is 0 Å². The summed E-state index contributed by atoms with van der Waals surface area (Å²) in [6, 6.07) is 1.49. The fourth-order valence-electron chi connectivity index (χ4n) is 2.63. The zero-order valence-electron chi connectivity index (χ0n) is 11.6. The molecule has 1 unspecified atom stereocenters. The maximum atomic E-state index is 3.77. The van der Waals surface area contributed by atoms with Crippen molar-refractivity contribution in [1.29, 1.82) is 0 Å². The predicted octanol–water partition coefficient (Wildman–Crippen LogP) is 2.89. The summed E-state index contributed by atoms with van der Waals surface area (Å²) >= 11 is 0. The maximum absolute atomic E-state index is 3.77. The Morgan fingerprint density at radius 3 is 2.25 bits per heavy atom. The molecule has 2 heteroatoms. The lowest BCUT2D eigenvalue weighted by molar-refractivity contribution is 0.232. The Bertz CT molecular complexity index is 172. The molecule has 96 valence electrons. The number of nitrogens with zero attached hydrogens (tertiary/aromatic N) is 1. The third kappa shape index (κ3) is 5.31. The molecule has 1 aliphatic carbocycles. The Balaban J connectivity index is 2.25. The van der Waals surface area contributed by atoms with Gasteiger partial charge in [-0.05, 0) is 39.3 Å². The van der Waals surface area contributed by atoms with Crippen LogP contribution in [0.3, 0.4) is 0 Å². The molecule has 0 amide bonds. The Labute approximate surface area is 102 Å². The Hall–Kier alpha value is -0.0800. The van der Waals surface area contributed by atoms with E-state index in [0.29, 0.717) is 6.04 Å². The van der Waals surface area contributed by atoms with Crippen molar-refractivity contribution in [1.82, 2.24) is 10.2 Å². The van der Waals surface area contributed by atoms with Gasteiger partial charge in [0, 0.05) is 18.6 Å². The minimum atomic E-state index is 0.696. The van der Waals surface area contributed by atoms with Gasteiger partial charge in [0.2, 0.25) is 0 Å². The normalized spacial score (nSPS) is 20.6. The van der Waals surface area contributed by atoms with Gasteiger partial charge in [-0.15, -0.1) is 0 Å². The van der Waals surface area contributed by atoms with Gasteiger partial charge in [-0.2, -0.15) is 0 Å². The van der Waals surface area contributed by atoms with Gasteiger partial charge in [-0.25, -0.2) is 0 Å². The number of hydrogen-bond acceptors (Lipinski definition) is 2. The Kier molecular flexibility index (Phi) is 6.37. The highest BCUT2D eigenvalue weighted by Crippen LogP contribution is 2.18. The second kappa shape index (κ2) is 7.29. The molecular formula is C14H30N2. The minimum absolute atomic E-state index is 0.696. The first kappa shape index (κ1) is 14.0. The standard InChI is InChI=1S/C14H30N2/c1-12(2)10-14(16(3)4)11-15-13-8-6-5-7-9-13/h12-15H,5-11H2,1-4H3. The molecule has 0 saturated heterocycles. The average Bonchev–Trinajstić information content (AvgIpc) is 2.25. The lowest BCUT2D eigenvalue weighted by Gasteiger charge is -2.30. The highest BCUT2D eigenvalue weighted by Gasteiger charge is 2.17. The summed E-state index contributed by atoms with van der Waals surface area (Å²) in [6.45, 7) is 5.80. The summed E-state index contributed by atoms with van der Waals surface area (Å²) in [5, 5.41) is 3.77. The third-order valence-corrected chi connectivity index (χ3v) is 3.72. The van der Waals surface area contributed by atoms with E-state index in [4.69, 9.17) is 0 Å². The van der Waals surface area contributed by atoms with E-state index in [2.05, 4.69) is 38.2 Å². The van der Waals surface area contributed by atoms with E-state index < -0.39 is 0 Å². The van der Waals surface area contributed by atoms with E-state index >= 15 is 0 Å². The smallest absolute Gasteiger partial charge is 0.0217 e. The molecule has 0 radical (unpaired) electrons. The van der Waals surface area contributed by atoms with Crippen molar-refractivity contribution >= 4 is 0 Å².